The molecule has 2 fully saturated rings. The maximum absolute atomic E-state index is 12.3. The fourth-order valence-corrected chi connectivity index (χ4v) is 4.82. The summed E-state index contributed by atoms with van der Waals surface area (Å²) < 4.78 is 5.45. The summed E-state index contributed by atoms with van der Waals surface area (Å²) in [6, 6.07) is 13.5. The molecule has 2 aliphatic carbocycles. The van der Waals surface area contributed by atoms with Gasteiger partial charge >= 0.3 is 0 Å². The smallest absolute Gasteiger partial charge is 0.223 e. The molecule has 2 unspecified atom stereocenters. The number of furan rings is 1. The summed E-state index contributed by atoms with van der Waals surface area (Å²) in [4.78, 5) is 19.3. The Balaban J connectivity index is 0.00000245. The summed E-state index contributed by atoms with van der Waals surface area (Å²) in [5.74, 6) is 2.46. The molecule has 1 aromatic carbocycles. The summed E-state index contributed by atoms with van der Waals surface area (Å²) in [6.45, 7) is 2.32. The Morgan fingerprint density at radius 1 is 1.09 bits per heavy atom. The van der Waals surface area contributed by atoms with Crippen LogP contribution >= 0.6 is 24.0 Å². The van der Waals surface area contributed by atoms with E-state index in [1.165, 1.54) is 24.0 Å². The van der Waals surface area contributed by atoms with E-state index in [9.17, 15) is 4.79 Å². The van der Waals surface area contributed by atoms with E-state index in [2.05, 4.69) is 39.8 Å². The lowest BCUT2D eigenvalue weighted by atomic mass is 9.88. The van der Waals surface area contributed by atoms with E-state index in [4.69, 9.17) is 9.41 Å². The highest BCUT2D eigenvalue weighted by atomic mass is 127. The normalized spacial score (nSPS) is 22.9. The van der Waals surface area contributed by atoms with Crippen LogP contribution in [0.3, 0.4) is 0 Å². The third-order valence-corrected chi connectivity index (χ3v) is 6.67. The number of nitrogens with one attached hydrogen (secondary N) is 2. The average Bonchev–Trinajstić information content (AvgIpc) is 3.36. The first-order valence-corrected chi connectivity index (χ1v) is 11.7. The monoisotopic (exact) mass is 548 g/mol. The van der Waals surface area contributed by atoms with E-state index >= 15 is 0 Å². The Labute approximate surface area is 207 Å². The maximum atomic E-state index is 12.3. The molecule has 1 saturated carbocycles. The average molecular weight is 548 g/mol. The molecular weight excluding hydrogens is 515 g/mol. The topological polar surface area (TPSA) is 69.9 Å². The van der Waals surface area contributed by atoms with E-state index < -0.39 is 0 Å². The SMILES string of the molecule is I.O=C1CC(CN=C(NCCc2ccco2)NC2CCc3ccccc3C2)CN1C1CC1. The standard InChI is InChI=1S/C25H32N4O2.HI/c30-24-14-18(17-29(24)22-9-10-22)16-27-25(26-12-11-23-6-3-13-31-23)28-21-8-7-19-4-1-2-5-20(19)15-21;/h1-6,13,18,21-22H,7-12,14-17H2,(H2,26,27,28);1H. The first kappa shape index (κ1) is 23.1. The van der Waals surface area contributed by atoms with Crippen molar-refractivity contribution in [2.45, 2.75) is 57.0 Å². The quantitative estimate of drug-likeness (QED) is 0.316. The molecule has 32 heavy (non-hydrogen) atoms. The van der Waals surface area contributed by atoms with Crippen LogP contribution in [0, 0.1) is 5.92 Å². The summed E-state index contributed by atoms with van der Waals surface area (Å²) in [6.07, 6.45) is 8.73. The van der Waals surface area contributed by atoms with E-state index in [0.717, 1.165) is 50.5 Å². The number of fused-ring (bicyclic) bond motifs is 1. The van der Waals surface area contributed by atoms with Crippen molar-refractivity contribution in [3.8, 4) is 0 Å². The molecule has 6 nitrogen and oxygen atoms in total. The van der Waals surface area contributed by atoms with Crippen molar-refractivity contribution in [3.63, 3.8) is 0 Å². The van der Waals surface area contributed by atoms with Gasteiger partial charge in [0.25, 0.3) is 0 Å². The number of hydrogen-bond acceptors (Lipinski definition) is 3. The van der Waals surface area contributed by atoms with Gasteiger partial charge in [0, 0.05) is 50.5 Å². The number of guanidine groups is 1. The van der Waals surface area contributed by atoms with Crippen molar-refractivity contribution < 1.29 is 9.21 Å². The lowest BCUT2D eigenvalue weighted by molar-refractivity contribution is -0.128. The van der Waals surface area contributed by atoms with Gasteiger partial charge in [0.05, 0.1) is 6.26 Å². The second-order valence-electron chi connectivity index (χ2n) is 9.15. The highest BCUT2D eigenvalue weighted by Gasteiger charge is 2.39. The molecule has 5 rings (SSSR count). The van der Waals surface area contributed by atoms with Gasteiger partial charge < -0.3 is 20.0 Å². The van der Waals surface area contributed by atoms with Crippen molar-refractivity contribution in [2.24, 2.45) is 10.9 Å². The van der Waals surface area contributed by atoms with Crippen LogP contribution in [0.15, 0.2) is 52.1 Å². The molecule has 1 aromatic heterocycles. The van der Waals surface area contributed by atoms with Gasteiger partial charge in [-0.1, -0.05) is 24.3 Å². The van der Waals surface area contributed by atoms with Gasteiger partial charge in [-0.15, -0.1) is 24.0 Å². The molecule has 172 valence electrons. The fraction of sp³-hybridized carbons (Fsp3) is 0.520. The molecule has 0 bridgehead atoms. The van der Waals surface area contributed by atoms with Gasteiger partial charge in [-0.3, -0.25) is 9.79 Å². The number of halogens is 1. The number of aliphatic imine (C=N–C) groups is 1. The van der Waals surface area contributed by atoms with Crippen molar-refractivity contribution in [1.29, 1.82) is 0 Å². The third kappa shape index (κ3) is 5.85. The highest BCUT2D eigenvalue weighted by Crippen LogP contribution is 2.32. The minimum atomic E-state index is 0. The van der Waals surface area contributed by atoms with Crippen LogP contribution in [-0.2, 0) is 24.1 Å². The van der Waals surface area contributed by atoms with Crippen LogP contribution in [0.5, 0.6) is 0 Å². The van der Waals surface area contributed by atoms with Crippen LogP contribution in [0.25, 0.3) is 0 Å². The predicted octanol–water partition coefficient (Wildman–Crippen LogP) is 3.54. The number of aryl methyl sites for hydroxylation is 1. The molecule has 0 spiro atoms. The third-order valence-electron chi connectivity index (χ3n) is 6.67. The van der Waals surface area contributed by atoms with Crippen LogP contribution in [0.1, 0.15) is 42.6 Å². The van der Waals surface area contributed by atoms with E-state index in [-0.39, 0.29) is 24.0 Å². The first-order chi connectivity index (χ1) is 15.2. The molecule has 2 aromatic rings. The van der Waals surface area contributed by atoms with Gasteiger partial charge in [0.15, 0.2) is 5.96 Å². The van der Waals surface area contributed by atoms with Crippen LogP contribution in [0.4, 0.5) is 0 Å². The lowest BCUT2D eigenvalue weighted by Gasteiger charge is -2.27. The minimum absolute atomic E-state index is 0. The molecule has 7 heteroatoms. The van der Waals surface area contributed by atoms with Crippen LogP contribution < -0.4 is 10.6 Å². The Morgan fingerprint density at radius 3 is 2.72 bits per heavy atom. The minimum Gasteiger partial charge on any atom is -0.469 e. The summed E-state index contributed by atoms with van der Waals surface area (Å²) in [7, 11) is 0. The lowest BCUT2D eigenvalue weighted by Crippen LogP contribution is -2.46. The van der Waals surface area contributed by atoms with Crippen molar-refractivity contribution in [2.75, 3.05) is 19.6 Å². The number of nitrogens with zero attached hydrogens (tertiary/aromatic N) is 2. The maximum Gasteiger partial charge on any atom is 0.223 e. The number of benzene rings is 1. The molecular formula is C25H33IN4O2. The number of rotatable bonds is 7. The van der Waals surface area contributed by atoms with E-state index in [1.807, 2.05) is 12.1 Å². The summed E-state index contributed by atoms with van der Waals surface area (Å²) in [5, 5.41) is 7.16. The number of carbonyl (C=O) groups is 1. The van der Waals surface area contributed by atoms with Gasteiger partial charge in [-0.05, 0) is 55.4 Å². The molecule has 1 aliphatic heterocycles. The molecule has 2 atom stereocenters. The van der Waals surface area contributed by atoms with Crippen molar-refractivity contribution in [1.82, 2.24) is 15.5 Å². The van der Waals surface area contributed by atoms with Gasteiger partial charge in [0.2, 0.25) is 5.91 Å². The predicted molar refractivity (Wildman–Crippen MR) is 136 cm³/mol. The van der Waals surface area contributed by atoms with E-state index in [1.54, 1.807) is 6.26 Å². The molecule has 1 saturated heterocycles. The van der Waals surface area contributed by atoms with Gasteiger partial charge in [0.1, 0.15) is 5.76 Å². The second-order valence-corrected chi connectivity index (χ2v) is 9.15. The number of likely N-dealkylation sites (tertiary alicyclic amines) is 1. The summed E-state index contributed by atoms with van der Waals surface area (Å²) >= 11 is 0. The van der Waals surface area contributed by atoms with Crippen molar-refractivity contribution >= 4 is 35.8 Å². The molecule has 3 aliphatic rings. The van der Waals surface area contributed by atoms with Crippen molar-refractivity contribution in [3.05, 3.63) is 59.5 Å². The number of carbonyl (C=O) groups excluding carboxylic acids is 1. The summed E-state index contributed by atoms with van der Waals surface area (Å²) in [5.41, 5.74) is 2.90. The largest absolute Gasteiger partial charge is 0.469 e. The highest BCUT2D eigenvalue weighted by molar-refractivity contribution is 14.0. The number of hydrogen-bond donors (Lipinski definition) is 2. The fourth-order valence-electron chi connectivity index (χ4n) is 4.82. The zero-order chi connectivity index (χ0) is 21.0. The zero-order valence-electron chi connectivity index (χ0n) is 18.5. The van der Waals surface area contributed by atoms with Crippen LogP contribution in [-0.4, -0.2) is 48.5 Å². The Morgan fingerprint density at radius 2 is 1.94 bits per heavy atom. The Hall–Kier alpha value is -2.03. The molecule has 2 heterocycles. The van der Waals surface area contributed by atoms with Gasteiger partial charge in [-0.2, -0.15) is 0 Å². The molecule has 0 radical (unpaired) electrons. The molecule has 1 amide bonds. The van der Waals surface area contributed by atoms with Gasteiger partial charge in [-0.25, -0.2) is 0 Å². The zero-order valence-corrected chi connectivity index (χ0v) is 20.8. The van der Waals surface area contributed by atoms with Crippen LogP contribution in [0.2, 0.25) is 0 Å². The Kier molecular flexibility index (Phi) is 7.75. The number of amides is 1. The van der Waals surface area contributed by atoms with E-state index in [0.29, 0.717) is 36.9 Å². The molecule has 2 N–H and O–H groups in total. The second kappa shape index (κ2) is 10.7. The first-order valence-electron chi connectivity index (χ1n) is 11.7. The Bertz CT molecular complexity index is 926.